The molecule has 0 radical (unpaired) electrons. The van der Waals surface area contributed by atoms with Crippen LogP contribution in [-0.2, 0) is 16.0 Å². The number of fused-ring (bicyclic) bond motifs is 1. The third-order valence-corrected chi connectivity index (χ3v) is 4.40. The van der Waals surface area contributed by atoms with Crippen molar-refractivity contribution in [3.8, 4) is 11.5 Å². The summed E-state index contributed by atoms with van der Waals surface area (Å²) in [5.41, 5.74) is 1.41. The molecule has 3 rings (SSSR count). The summed E-state index contributed by atoms with van der Waals surface area (Å²) < 4.78 is 16.5. The van der Waals surface area contributed by atoms with Gasteiger partial charge in [-0.05, 0) is 36.8 Å². The van der Waals surface area contributed by atoms with Crippen molar-refractivity contribution >= 4 is 11.9 Å². The lowest BCUT2D eigenvalue weighted by atomic mass is 10.1. The van der Waals surface area contributed by atoms with Gasteiger partial charge in [0.1, 0.15) is 18.1 Å². The minimum absolute atomic E-state index is 0.0727. The fourth-order valence-electron chi connectivity index (χ4n) is 2.94. The van der Waals surface area contributed by atoms with E-state index in [-0.39, 0.29) is 12.6 Å². The van der Waals surface area contributed by atoms with Crippen molar-refractivity contribution in [2.24, 2.45) is 0 Å². The Kier molecular flexibility index (Phi) is 6.49. The van der Waals surface area contributed by atoms with Gasteiger partial charge in [0.2, 0.25) is 0 Å². The van der Waals surface area contributed by atoms with Crippen LogP contribution in [0.5, 0.6) is 11.5 Å². The Morgan fingerprint density at radius 3 is 2.68 bits per heavy atom. The molecule has 1 N–H and O–H groups in total. The van der Waals surface area contributed by atoms with E-state index in [1.165, 1.54) is 0 Å². The Morgan fingerprint density at radius 2 is 1.96 bits per heavy atom. The molecule has 7 nitrogen and oxygen atoms in total. The zero-order chi connectivity index (χ0) is 19.9. The van der Waals surface area contributed by atoms with E-state index >= 15 is 0 Å². The van der Waals surface area contributed by atoms with E-state index in [2.05, 4.69) is 0 Å². The Bertz CT molecular complexity index is 820. The van der Waals surface area contributed by atoms with Crippen LogP contribution >= 0.6 is 0 Å². The van der Waals surface area contributed by atoms with Crippen LogP contribution in [0.1, 0.15) is 22.8 Å². The van der Waals surface area contributed by atoms with Crippen molar-refractivity contribution in [2.75, 3.05) is 26.5 Å². The van der Waals surface area contributed by atoms with Crippen LogP contribution in [0.25, 0.3) is 0 Å². The van der Waals surface area contributed by atoms with Crippen molar-refractivity contribution < 1.29 is 28.9 Å². The van der Waals surface area contributed by atoms with Gasteiger partial charge in [0.05, 0.1) is 12.1 Å². The van der Waals surface area contributed by atoms with Gasteiger partial charge in [0, 0.05) is 13.0 Å². The number of para-hydroxylation sites is 1. The van der Waals surface area contributed by atoms with E-state index in [1.54, 1.807) is 36.1 Å². The van der Waals surface area contributed by atoms with Crippen LogP contribution in [0, 0.1) is 0 Å². The molecule has 0 saturated heterocycles. The fourth-order valence-corrected chi connectivity index (χ4v) is 2.94. The van der Waals surface area contributed by atoms with Crippen LogP contribution in [0.2, 0.25) is 0 Å². The number of carbonyl (C=O) groups excluding carboxylic acids is 1. The lowest BCUT2D eigenvalue weighted by Crippen LogP contribution is -2.40. The van der Waals surface area contributed by atoms with Gasteiger partial charge in [-0.3, -0.25) is 4.79 Å². The van der Waals surface area contributed by atoms with E-state index < -0.39 is 12.1 Å². The molecule has 2 aromatic carbocycles. The van der Waals surface area contributed by atoms with Gasteiger partial charge in [-0.2, -0.15) is 0 Å². The molecule has 2 aromatic rings. The molecule has 1 heterocycles. The quantitative estimate of drug-likeness (QED) is 0.714. The zero-order valence-corrected chi connectivity index (χ0v) is 15.7. The van der Waals surface area contributed by atoms with Crippen molar-refractivity contribution in [2.45, 2.75) is 19.4 Å². The first kappa shape index (κ1) is 19.7. The van der Waals surface area contributed by atoms with Gasteiger partial charge in [-0.15, -0.1) is 0 Å². The molecule has 1 amide bonds. The average Bonchev–Trinajstić information content (AvgIpc) is 2.70. The molecule has 0 aromatic heterocycles. The van der Waals surface area contributed by atoms with Gasteiger partial charge in [-0.1, -0.05) is 24.3 Å². The number of ether oxygens (including phenoxy) is 3. The highest BCUT2D eigenvalue weighted by molar-refractivity contribution is 5.97. The predicted molar refractivity (Wildman–Crippen MR) is 102 cm³/mol. The summed E-state index contributed by atoms with van der Waals surface area (Å²) in [6.45, 7) is 3.05. The number of carboxylic acids is 1. The van der Waals surface area contributed by atoms with Crippen LogP contribution in [0.4, 0.5) is 0 Å². The molecule has 28 heavy (non-hydrogen) atoms. The molecule has 1 unspecified atom stereocenters. The number of carbonyl (C=O) groups is 2. The molecule has 1 aliphatic heterocycles. The van der Waals surface area contributed by atoms with Gasteiger partial charge in [-0.25, -0.2) is 4.79 Å². The van der Waals surface area contributed by atoms with Crippen LogP contribution in [0.3, 0.4) is 0 Å². The third-order valence-electron chi connectivity index (χ3n) is 4.40. The highest BCUT2D eigenvalue weighted by Crippen LogP contribution is 2.24. The number of benzene rings is 2. The maximum absolute atomic E-state index is 12.4. The summed E-state index contributed by atoms with van der Waals surface area (Å²) in [5, 5.41) is 9.15. The minimum atomic E-state index is -0.975. The number of rotatable bonds is 9. The summed E-state index contributed by atoms with van der Waals surface area (Å²) in [4.78, 5) is 25.2. The first-order chi connectivity index (χ1) is 13.6. The van der Waals surface area contributed by atoms with Gasteiger partial charge in [0.15, 0.2) is 12.8 Å². The first-order valence-electron chi connectivity index (χ1n) is 9.15. The van der Waals surface area contributed by atoms with Gasteiger partial charge < -0.3 is 24.2 Å². The van der Waals surface area contributed by atoms with E-state index in [1.807, 2.05) is 24.3 Å². The minimum Gasteiger partial charge on any atom is -0.492 e. The Balaban J connectivity index is 1.49. The number of amides is 1. The highest BCUT2D eigenvalue weighted by atomic mass is 16.5. The van der Waals surface area contributed by atoms with Crippen molar-refractivity contribution in [1.29, 1.82) is 0 Å². The maximum Gasteiger partial charge on any atom is 0.333 e. The Hall–Kier alpha value is -3.06. The lowest BCUT2D eigenvalue weighted by molar-refractivity contribution is -0.149. The number of aliphatic carboxylic acids is 1. The molecular weight excluding hydrogens is 362 g/mol. The third kappa shape index (κ3) is 4.80. The van der Waals surface area contributed by atoms with Crippen molar-refractivity contribution in [3.63, 3.8) is 0 Å². The van der Waals surface area contributed by atoms with E-state index in [0.29, 0.717) is 43.2 Å². The number of carboxylic acid groups (broad SMARTS) is 1. The fraction of sp³-hybridized carbons (Fsp3) is 0.333. The molecule has 0 saturated carbocycles. The maximum atomic E-state index is 12.4. The van der Waals surface area contributed by atoms with Crippen LogP contribution in [-0.4, -0.2) is 54.5 Å². The lowest BCUT2D eigenvalue weighted by Gasteiger charge is -2.28. The normalized spacial score (nSPS) is 14.2. The van der Waals surface area contributed by atoms with Crippen molar-refractivity contribution in [1.82, 2.24) is 4.90 Å². The van der Waals surface area contributed by atoms with E-state index in [0.717, 1.165) is 5.56 Å². The second-order valence-electron chi connectivity index (χ2n) is 6.32. The Morgan fingerprint density at radius 1 is 1.21 bits per heavy atom. The van der Waals surface area contributed by atoms with Crippen molar-refractivity contribution in [3.05, 3.63) is 59.7 Å². The molecule has 0 bridgehead atoms. The zero-order valence-electron chi connectivity index (χ0n) is 15.7. The summed E-state index contributed by atoms with van der Waals surface area (Å²) in [6.07, 6.45) is -0.563. The summed E-state index contributed by atoms with van der Waals surface area (Å²) in [5.74, 6) is 0.207. The smallest absolute Gasteiger partial charge is 0.333 e. The SMILES string of the molecule is CCOC(Cc1ccc(OCCN2COc3ccccc3C2=O)cc1)C(=O)O. The first-order valence-corrected chi connectivity index (χ1v) is 9.15. The molecule has 1 aliphatic rings. The van der Waals surface area contributed by atoms with Crippen LogP contribution < -0.4 is 9.47 Å². The predicted octanol–water partition coefficient (Wildman–Crippen LogP) is 2.59. The largest absolute Gasteiger partial charge is 0.492 e. The standard InChI is InChI=1S/C21H23NO6/c1-2-26-19(21(24)25)13-15-7-9-16(10-8-15)27-12-11-22-14-28-18-6-4-3-5-17(18)20(22)23/h3-10,19H,2,11-14H2,1H3,(H,24,25). The molecule has 0 fully saturated rings. The Labute approximate surface area is 163 Å². The molecule has 0 aliphatic carbocycles. The second-order valence-corrected chi connectivity index (χ2v) is 6.32. The van der Waals surface area contributed by atoms with E-state index in [9.17, 15) is 9.59 Å². The highest BCUT2D eigenvalue weighted by Gasteiger charge is 2.24. The summed E-state index contributed by atoms with van der Waals surface area (Å²) in [6, 6.07) is 14.4. The topological polar surface area (TPSA) is 85.3 Å². The number of nitrogens with zero attached hydrogens (tertiary/aromatic N) is 1. The number of hydrogen-bond donors (Lipinski definition) is 1. The molecule has 1 atom stereocenters. The van der Waals surface area contributed by atoms with Gasteiger partial charge >= 0.3 is 5.97 Å². The second kappa shape index (κ2) is 9.23. The molecular formula is C21H23NO6. The molecule has 0 spiro atoms. The average molecular weight is 385 g/mol. The summed E-state index contributed by atoms with van der Waals surface area (Å²) in [7, 11) is 0. The van der Waals surface area contributed by atoms with E-state index in [4.69, 9.17) is 19.3 Å². The summed E-state index contributed by atoms with van der Waals surface area (Å²) >= 11 is 0. The number of hydrogen-bond acceptors (Lipinski definition) is 5. The molecule has 7 heteroatoms. The molecule has 148 valence electrons. The van der Waals surface area contributed by atoms with Gasteiger partial charge in [0.25, 0.3) is 5.91 Å². The monoisotopic (exact) mass is 385 g/mol. The van der Waals surface area contributed by atoms with Crippen LogP contribution in [0.15, 0.2) is 48.5 Å².